The first-order valence-corrected chi connectivity index (χ1v) is 8.34. The number of rotatable bonds is 3. The predicted octanol–water partition coefficient (Wildman–Crippen LogP) is 1.90. The molecular weight excluding hydrogens is 342 g/mol. The summed E-state index contributed by atoms with van der Waals surface area (Å²) < 4.78 is 6.51. The molecule has 0 unspecified atom stereocenters. The number of hydrogen-bond acceptors (Lipinski definition) is 7. The SMILES string of the molecule is CCOC(=O)c1c(C)sc2nc(=O)c(C=C3C=CC(=O)C=C3)c(N)n12. The minimum absolute atomic E-state index is 0.105. The molecule has 0 atom stereocenters. The van der Waals surface area contributed by atoms with Crippen molar-refractivity contribution >= 4 is 39.9 Å². The number of esters is 1. The van der Waals surface area contributed by atoms with Crippen LogP contribution >= 0.6 is 11.3 Å². The van der Waals surface area contributed by atoms with Gasteiger partial charge in [0.1, 0.15) is 11.5 Å². The number of hydrogen-bond donors (Lipinski definition) is 1. The molecule has 0 bridgehead atoms. The molecule has 3 rings (SSSR count). The molecule has 0 spiro atoms. The van der Waals surface area contributed by atoms with Crippen molar-refractivity contribution in [3.05, 3.63) is 56.4 Å². The van der Waals surface area contributed by atoms with Crippen LogP contribution in [0.5, 0.6) is 0 Å². The Morgan fingerprint density at radius 2 is 2.00 bits per heavy atom. The average Bonchev–Trinajstić information content (AvgIpc) is 2.89. The molecule has 128 valence electrons. The summed E-state index contributed by atoms with van der Waals surface area (Å²) in [5, 5.41) is 0. The number of aryl methyl sites for hydroxylation is 1. The van der Waals surface area contributed by atoms with E-state index < -0.39 is 11.5 Å². The molecular formula is C17H15N3O4S. The molecule has 1 aliphatic carbocycles. The quantitative estimate of drug-likeness (QED) is 0.842. The van der Waals surface area contributed by atoms with Gasteiger partial charge < -0.3 is 10.5 Å². The highest BCUT2D eigenvalue weighted by Crippen LogP contribution is 2.26. The number of nitrogens with two attached hydrogens (primary N) is 1. The fourth-order valence-electron chi connectivity index (χ4n) is 2.46. The second-order valence-corrected chi connectivity index (χ2v) is 6.46. The van der Waals surface area contributed by atoms with Crippen LogP contribution in [-0.2, 0) is 9.53 Å². The largest absolute Gasteiger partial charge is 0.461 e. The van der Waals surface area contributed by atoms with Crippen molar-refractivity contribution in [1.82, 2.24) is 9.38 Å². The molecule has 2 aromatic heterocycles. The number of aromatic nitrogens is 2. The van der Waals surface area contributed by atoms with Gasteiger partial charge in [-0.15, -0.1) is 11.3 Å². The van der Waals surface area contributed by atoms with Crippen LogP contribution in [0.2, 0.25) is 0 Å². The second-order valence-electron chi connectivity index (χ2n) is 5.27. The van der Waals surface area contributed by atoms with E-state index >= 15 is 0 Å². The molecule has 0 amide bonds. The van der Waals surface area contributed by atoms with Crippen LogP contribution in [0.3, 0.4) is 0 Å². The van der Waals surface area contributed by atoms with Crippen LogP contribution in [0, 0.1) is 6.92 Å². The molecule has 2 N–H and O–H groups in total. The van der Waals surface area contributed by atoms with Gasteiger partial charge >= 0.3 is 5.97 Å². The number of nitrogens with zero attached hydrogens (tertiary/aromatic N) is 2. The fraction of sp³-hybridized carbons (Fsp3) is 0.176. The Kier molecular flexibility index (Phi) is 4.37. The number of ketones is 1. The van der Waals surface area contributed by atoms with E-state index in [0.29, 0.717) is 15.4 Å². The third-order valence-electron chi connectivity index (χ3n) is 3.60. The molecule has 0 aliphatic heterocycles. The summed E-state index contributed by atoms with van der Waals surface area (Å²) in [5.74, 6) is -0.549. The molecule has 0 fully saturated rings. The van der Waals surface area contributed by atoms with Gasteiger partial charge in [0.05, 0.1) is 12.2 Å². The minimum Gasteiger partial charge on any atom is -0.461 e. The van der Waals surface area contributed by atoms with Gasteiger partial charge in [0.15, 0.2) is 10.7 Å². The normalized spacial score (nSPS) is 13.5. The van der Waals surface area contributed by atoms with E-state index in [9.17, 15) is 14.4 Å². The van der Waals surface area contributed by atoms with E-state index in [1.54, 1.807) is 32.1 Å². The summed E-state index contributed by atoms with van der Waals surface area (Å²) in [6.45, 7) is 3.68. The van der Waals surface area contributed by atoms with E-state index in [-0.39, 0.29) is 29.5 Å². The van der Waals surface area contributed by atoms with Gasteiger partial charge in [0.2, 0.25) is 0 Å². The van der Waals surface area contributed by atoms with Crippen LogP contribution in [0.1, 0.15) is 27.9 Å². The molecule has 2 heterocycles. The Bertz CT molecular complexity index is 1020. The average molecular weight is 357 g/mol. The molecule has 2 aromatic rings. The first kappa shape index (κ1) is 16.8. The standard InChI is InChI=1S/C17H15N3O4S/c1-3-24-16(23)13-9(2)25-17-19-15(22)12(14(18)20(13)17)8-10-4-6-11(21)7-5-10/h4-8H,3,18H2,1-2H3. The van der Waals surface area contributed by atoms with E-state index in [2.05, 4.69) is 4.98 Å². The smallest absolute Gasteiger partial charge is 0.356 e. The van der Waals surface area contributed by atoms with Crippen LogP contribution in [0.4, 0.5) is 5.82 Å². The molecule has 0 saturated carbocycles. The minimum atomic E-state index is -0.523. The zero-order valence-electron chi connectivity index (χ0n) is 13.6. The summed E-state index contributed by atoms with van der Waals surface area (Å²) >= 11 is 1.19. The van der Waals surface area contributed by atoms with Crippen molar-refractivity contribution in [1.29, 1.82) is 0 Å². The Morgan fingerprint density at radius 3 is 2.64 bits per heavy atom. The first-order chi connectivity index (χ1) is 11.9. The number of carbonyl (C=O) groups excluding carboxylic acids is 2. The van der Waals surface area contributed by atoms with Crippen molar-refractivity contribution in [2.45, 2.75) is 13.8 Å². The van der Waals surface area contributed by atoms with Gasteiger partial charge in [-0.2, -0.15) is 4.98 Å². The summed E-state index contributed by atoms with van der Waals surface area (Å²) in [5.41, 5.74) is 6.72. The summed E-state index contributed by atoms with van der Waals surface area (Å²) in [6.07, 6.45) is 7.50. The van der Waals surface area contributed by atoms with Crippen LogP contribution < -0.4 is 11.3 Å². The maximum absolute atomic E-state index is 12.3. The zero-order chi connectivity index (χ0) is 18.1. The molecule has 0 saturated heterocycles. The fourth-order valence-corrected chi connectivity index (χ4v) is 3.41. The number of anilines is 1. The molecule has 1 aliphatic rings. The van der Waals surface area contributed by atoms with Gasteiger partial charge in [0.25, 0.3) is 5.56 Å². The highest BCUT2D eigenvalue weighted by Gasteiger charge is 2.22. The lowest BCUT2D eigenvalue weighted by atomic mass is 10.1. The van der Waals surface area contributed by atoms with Gasteiger partial charge in [0, 0.05) is 4.88 Å². The summed E-state index contributed by atoms with van der Waals surface area (Å²) in [6, 6.07) is 0. The van der Waals surface area contributed by atoms with E-state index in [0.717, 1.165) is 0 Å². The summed E-state index contributed by atoms with van der Waals surface area (Å²) in [7, 11) is 0. The lowest BCUT2D eigenvalue weighted by Crippen LogP contribution is -2.19. The topological polar surface area (TPSA) is 104 Å². The van der Waals surface area contributed by atoms with Gasteiger partial charge in [-0.3, -0.25) is 14.0 Å². The third-order valence-corrected chi connectivity index (χ3v) is 4.55. The molecule has 0 aromatic carbocycles. The number of carbonyl (C=O) groups is 2. The van der Waals surface area contributed by atoms with Crippen LogP contribution in [-0.4, -0.2) is 27.7 Å². The lowest BCUT2D eigenvalue weighted by molar-refractivity contribution is -0.110. The third kappa shape index (κ3) is 3.03. The van der Waals surface area contributed by atoms with Crippen molar-refractivity contribution in [3.8, 4) is 0 Å². The zero-order valence-corrected chi connectivity index (χ0v) is 14.4. The molecule has 0 radical (unpaired) electrons. The van der Waals surface area contributed by atoms with Gasteiger partial charge in [-0.05, 0) is 37.6 Å². The van der Waals surface area contributed by atoms with Crippen molar-refractivity contribution in [3.63, 3.8) is 0 Å². The Hall–Kier alpha value is -3.00. The van der Waals surface area contributed by atoms with E-state index in [1.807, 2.05) is 0 Å². The predicted molar refractivity (Wildman–Crippen MR) is 95.7 cm³/mol. The molecule has 25 heavy (non-hydrogen) atoms. The Labute approximate surface area is 146 Å². The number of ether oxygens (including phenoxy) is 1. The number of nitrogen functional groups attached to an aromatic ring is 1. The molecule has 8 heteroatoms. The van der Waals surface area contributed by atoms with Crippen molar-refractivity contribution in [2.75, 3.05) is 12.3 Å². The Morgan fingerprint density at radius 1 is 1.32 bits per heavy atom. The van der Waals surface area contributed by atoms with Crippen molar-refractivity contribution in [2.24, 2.45) is 0 Å². The number of fused-ring (bicyclic) bond motifs is 1. The number of allylic oxidation sites excluding steroid dienone is 5. The Balaban J connectivity index is 2.23. The highest BCUT2D eigenvalue weighted by molar-refractivity contribution is 7.17. The lowest BCUT2D eigenvalue weighted by Gasteiger charge is -2.08. The first-order valence-electron chi connectivity index (χ1n) is 7.53. The monoisotopic (exact) mass is 357 g/mol. The van der Waals surface area contributed by atoms with Crippen molar-refractivity contribution < 1.29 is 14.3 Å². The maximum Gasteiger partial charge on any atom is 0.356 e. The van der Waals surface area contributed by atoms with Gasteiger partial charge in [-0.1, -0.05) is 12.2 Å². The maximum atomic E-state index is 12.3. The van der Waals surface area contributed by atoms with E-state index in [4.69, 9.17) is 10.5 Å². The van der Waals surface area contributed by atoms with Gasteiger partial charge in [-0.25, -0.2) is 4.79 Å². The highest BCUT2D eigenvalue weighted by atomic mass is 32.1. The van der Waals surface area contributed by atoms with E-state index in [1.165, 1.54) is 27.9 Å². The molecule has 7 nitrogen and oxygen atoms in total. The van der Waals surface area contributed by atoms with Crippen LogP contribution in [0.15, 0.2) is 34.7 Å². The number of thiazole rings is 1. The van der Waals surface area contributed by atoms with Crippen LogP contribution in [0.25, 0.3) is 11.0 Å². The second kappa shape index (κ2) is 6.48. The summed E-state index contributed by atoms with van der Waals surface area (Å²) in [4.78, 5) is 40.8.